The molecule has 0 saturated carbocycles. The molecule has 0 unspecified atom stereocenters. The highest BCUT2D eigenvalue weighted by Gasteiger charge is 2.38. The molecule has 0 fully saturated rings. The Bertz CT molecular complexity index is 822. The summed E-state index contributed by atoms with van der Waals surface area (Å²) in [6, 6.07) is 1.75. The van der Waals surface area contributed by atoms with E-state index in [0.29, 0.717) is 13.0 Å². The lowest BCUT2D eigenvalue weighted by Crippen LogP contribution is -2.35. The number of carbonyl (C=O) groups is 1. The molecule has 3 rings (SSSR count). The number of fused-ring (bicyclic) bond motifs is 1. The van der Waals surface area contributed by atoms with Crippen molar-refractivity contribution in [3.05, 3.63) is 51.0 Å². The summed E-state index contributed by atoms with van der Waals surface area (Å²) in [5.74, 6) is -13.9. The maximum Gasteiger partial charge on any atom is 0.314 e. The quantitative estimate of drug-likeness (QED) is 0.264. The van der Waals surface area contributed by atoms with Gasteiger partial charge in [-0.15, -0.1) is 11.3 Å². The van der Waals surface area contributed by atoms with Gasteiger partial charge >= 0.3 is 5.97 Å². The summed E-state index contributed by atoms with van der Waals surface area (Å²) in [7, 11) is 0. The number of thiophene rings is 1. The SMILES string of the molecule is C[C@@]1(CC(=O)Oc2c(F)c(F)c(F)c(F)c2F)OCCc2sccc21. The maximum absolute atomic E-state index is 13.6. The summed E-state index contributed by atoms with van der Waals surface area (Å²) in [6.45, 7) is 1.93. The Morgan fingerprint density at radius 2 is 1.76 bits per heavy atom. The number of carbonyl (C=O) groups excluding carboxylic acids is 1. The molecular formula is C16H11F5O3S. The first kappa shape index (κ1) is 17.8. The second-order valence-electron chi connectivity index (χ2n) is 5.64. The van der Waals surface area contributed by atoms with Crippen LogP contribution in [0.15, 0.2) is 11.4 Å². The summed E-state index contributed by atoms with van der Waals surface area (Å²) in [4.78, 5) is 13.1. The Morgan fingerprint density at radius 3 is 2.40 bits per heavy atom. The van der Waals surface area contributed by atoms with Crippen molar-refractivity contribution < 1.29 is 36.2 Å². The van der Waals surface area contributed by atoms with Crippen LogP contribution in [0.25, 0.3) is 0 Å². The summed E-state index contributed by atoms with van der Waals surface area (Å²) < 4.78 is 76.6. The summed E-state index contributed by atoms with van der Waals surface area (Å²) in [5.41, 5.74) is -0.368. The van der Waals surface area contributed by atoms with Crippen molar-refractivity contribution in [2.24, 2.45) is 0 Å². The molecule has 1 atom stereocenters. The standard InChI is InChI=1S/C16H11F5O3S/c1-16(7-3-5-25-8(7)2-4-23-16)6-9(22)24-15-13(20)11(18)10(17)12(19)14(15)21/h3,5H,2,4,6H2,1H3/t16-/m0/s1. The van der Waals surface area contributed by atoms with E-state index in [0.717, 1.165) is 10.4 Å². The van der Waals surface area contributed by atoms with Gasteiger partial charge in [-0.1, -0.05) is 0 Å². The molecule has 1 aliphatic heterocycles. The molecule has 0 bridgehead atoms. The van der Waals surface area contributed by atoms with Crippen LogP contribution in [0.1, 0.15) is 23.8 Å². The number of hydrogen-bond donors (Lipinski definition) is 0. The predicted molar refractivity (Wildman–Crippen MR) is 77.8 cm³/mol. The minimum absolute atomic E-state index is 0.333. The Kier molecular flexibility index (Phi) is 4.54. The monoisotopic (exact) mass is 378 g/mol. The van der Waals surface area contributed by atoms with Crippen LogP contribution in [0, 0.1) is 29.1 Å². The highest BCUT2D eigenvalue weighted by atomic mass is 32.1. The Labute approximate surface area is 143 Å². The van der Waals surface area contributed by atoms with Gasteiger partial charge in [0.05, 0.1) is 13.0 Å². The van der Waals surface area contributed by atoms with Crippen LogP contribution >= 0.6 is 11.3 Å². The normalized spacial score (nSPS) is 19.6. The van der Waals surface area contributed by atoms with E-state index in [1.165, 1.54) is 11.3 Å². The topological polar surface area (TPSA) is 35.5 Å². The zero-order chi connectivity index (χ0) is 18.4. The minimum Gasteiger partial charge on any atom is -0.420 e. The molecule has 2 heterocycles. The molecule has 0 spiro atoms. The molecular weight excluding hydrogens is 367 g/mol. The number of hydrogen-bond acceptors (Lipinski definition) is 4. The number of ether oxygens (including phenoxy) is 2. The summed E-state index contributed by atoms with van der Waals surface area (Å²) in [6.07, 6.45) is 0.214. The lowest BCUT2D eigenvalue weighted by atomic mass is 9.90. The van der Waals surface area contributed by atoms with Crippen molar-refractivity contribution >= 4 is 17.3 Å². The van der Waals surface area contributed by atoms with E-state index in [-0.39, 0.29) is 0 Å². The fourth-order valence-electron chi connectivity index (χ4n) is 2.70. The van der Waals surface area contributed by atoms with Crippen LogP contribution in [0.3, 0.4) is 0 Å². The first-order valence-electron chi connectivity index (χ1n) is 7.17. The average Bonchev–Trinajstić information content (AvgIpc) is 3.05. The van der Waals surface area contributed by atoms with Crippen LogP contribution in [0.4, 0.5) is 22.0 Å². The molecule has 0 amide bonds. The second-order valence-corrected chi connectivity index (χ2v) is 6.64. The molecule has 1 aromatic heterocycles. The summed E-state index contributed by atoms with van der Waals surface area (Å²) >= 11 is 1.48. The van der Waals surface area contributed by atoms with E-state index in [2.05, 4.69) is 4.74 Å². The third kappa shape index (κ3) is 3.02. The van der Waals surface area contributed by atoms with E-state index in [4.69, 9.17) is 4.74 Å². The molecule has 25 heavy (non-hydrogen) atoms. The molecule has 1 aromatic carbocycles. The number of rotatable bonds is 3. The van der Waals surface area contributed by atoms with Gasteiger partial charge < -0.3 is 9.47 Å². The van der Waals surface area contributed by atoms with Crippen molar-refractivity contribution in [1.82, 2.24) is 0 Å². The number of esters is 1. The highest BCUT2D eigenvalue weighted by Crippen LogP contribution is 2.39. The highest BCUT2D eigenvalue weighted by molar-refractivity contribution is 7.10. The van der Waals surface area contributed by atoms with Gasteiger partial charge in [0.25, 0.3) is 0 Å². The molecule has 1 aliphatic rings. The molecule has 134 valence electrons. The van der Waals surface area contributed by atoms with E-state index >= 15 is 0 Å². The molecule has 3 nitrogen and oxygen atoms in total. The minimum atomic E-state index is -2.32. The number of halogens is 5. The average molecular weight is 378 g/mol. The van der Waals surface area contributed by atoms with Crippen LogP contribution < -0.4 is 4.74 Å². The van der Waals surface area contributed by atoms with Crippen LogP contribution in [0.5, 0.6) is 5.75 Å². The molecule has 0 N–H and O–H groups in total. The maximum atomic E-state index is 13.6. The Morgan fingerprint density at radius 1 is 1.16 bits per heavy atom. The fourth-order valence-corrected chi connectivity index (χ4v) is 3.68. The zero-order valence-corrected chi connectivity index (χ0v) is 13.6. The molecule has 0 radical (unpaired) electrons. The van der Waals surface area contributed by atoms with Crippen LogP contribution in [-0.4, -0.2) is 12.6 Å². The second kappa shape index (κ2) is 6.38. The van der Waals surface area contributed by atoms with Gasteiger partial charge in [-0.25, -0.2) is 13.2 Å². The van der Waals surface area contributed by atoms with E-state index < -0.39 is 52.8 Å². The predicted octanol–water partition coefficient (Wildman–Crippen LogP) is 4.23. The van der Waals surface area contributed by atoms with E-state index in [1.807, 2.05) is 5.38 Å². The van der Waals surface area contributed by atoms with Crippen molar-refractivity contribution in [1.29, 1.82) is 0 Å². The largest absolute Gasteiger partial charge is 0.420 e. The van der Waals surface area contributed by atoms with E-state index in [1.54, 1.807) is 13.0 Å². The van der Waals surface area contributed by atoms with Gasteiger partial charge in [-0.05, 0) is 23.9 Å². The smallest absolute Gasteiger partial charge is 0.314 e. The van der Waals surface area contributed by atoms with Gasteiger partial charge in [0.1, 0.15) is 5.60 Å². The molecule has 0 saturated heterocycles. The van der Waals surface area contributed by atoms with Crippen LogP contribution in [-0.2, 0) is 21.6 Å². The van der Waals surface area contributed by atoms with Crippen molar-refractivity contribution in [3.8, 4) is 5.75 Å². The Balaban J connectivity index is 1.86. The number of benzene rings is 1. The van der Waals surface area contributed by atoms with E-state index in [9.17, 15) is 26.7 Å². The first-order chi connectivity index (χ1) is 11.7. The lowest BCUT2D eigenvalue weighted by molar-refractivity contribution is -0.144. The fraction of sp³-hybridized carbons (Fsp3) is 0.312. The van der Waals surface area contributed by atoms with Gasteiger partial charge in [0, 0.05) is 11.3 Å². The third-order valence-corrected chi connectivity index (χ3v) is 4.91. The zero-order valence-electron chi connectivity index (χ0n) is 12.8. The van der Waals surface area contributed by atoms with Crippen LogP contribution in [0.2, 0.25) is 0 Å². The van der Waals surface area contributed by atoms with Gasteiger partial charge in [-0.3, -0.25) is 4.79 Å². The van der Waals surface area contributed by atoms with Gasteiger partial charge in [-0.2, -0.15) is 8.78 Å². The van der Waals surface area contributed by atoms with Gasteiger partial charge in [0.2, 0.25) is 34.8 Å². The first-order valence-corrected chi connectivity index (χ1v) is 8.05. The molecule has 0 aliphatic carbocycles. The van der Waals surface area contributed by atoms with Crippen molar-refractivity contribution in [2.45, 2.75) is 25.4 Å². The van der Waals surface area contributed by atoms with Gasteiger partial charge in [0.15, 0.2) is 0 Å². The van der Waals surface area contributed by atoms with Crippen molar-refractivity contribution in [3.63, 3.8) is 0 Å². The molecule has 9 heteroatoms. The third-order valence-electron chi connectivity index (χ3n) is 3.93. The summed E-state index contributed by atoms with van der Waals surface area (Å²) in [5, 5.41) is 1.81. The molecule has 2 aromatic rings. The van der Waals surface area contributed by atoms with Crippen molar-refractivity contribution in [2.75, 3.05) is 6.61 Å². The lowest BCUT2D eigenvalue weighted by Gasteiger charge is -2.33. The Hall–Kier alpha value is -2.00.